The van der Waals surface area contributed by atoms with Crippen molar-refractivity contribution in [1.29, 1.82) is 0 Å². The van der Waals surface area contributed by atoms with Gasteiger partial charge in [0.2, 0.25) is 10.0 Å². The Bertz CT molecular complexity index is 598. The number of aryl methyl sites for hydroxylation is 1. The molecule has 106 valence electrons. The van der Waals surface area contributed by atoms with Crippen LogP contribution in [0.4, 0.5) is 0 Å². The molecule has 1 aromatic rings. The number of carbonyl (C=O) groups excluding carboxylic acids is 1. The van der Waals surface area contributed by atoms with Crippen molar-refractivity contribution < 1.29 is 13.2 Å². The second kappa shape index (κ2) is 5.10. The van der Waals surface area contributed by atoms with Crippen LogP contribution in [0, 0.1) is 12.8 Å². The van der Waals surface area contributed by atoms with Crippen LogP contribution in [-0.4, -0.2) is 48.3 Å². The molecule has 9 heteroatoms. The fraction of sp³-hybridized carbons (Fsp3) is 0.600. The third-order valence-electron chi connectivity index (χ3n) is 3.12. The molecule has 1 amide bonds. The summed E-state index contributed by atoms with van der Waals surface area (Å²) in [6.07, 6.45) is 0.614. The lowest BCUT2D eigenvalue weighted by atomic mass is 10.2. The second-order valence-corrected chi connectivity index (χ2v) is 6.78. The van der Waals surface area contributed by atoms with Gasteiger partial charge in [-0.1, -0.05) is 11.6 Å². The van der Waals surface area contributed by atoms with Gasteiger partial charge in [-0.2, -0.15) is 5.10 Å². The molecule has 7 nitrogen and oxygen atoms in total. The number of nitrogens with two attached hydrogens (primary N) is 1. The summed E-state index contributed by atoms with van der Waals surface area (Å²) in [6.45, 7) is 2.57. The number of nitrogens with one attached hydrogen (secondary N) is 1. The number of amides is 1. The molecule has 2 heterocycles. The predicted molar refractivity (Wildman–Crippen MR) is 70.3 cm³/mol. The summed E-state index contributed by atoms with van der Waals surface area (Å²) in [4.78, 5) is 13.7. The molecule has 1 saturated heterocycles. The monoisotopic (exact) mass is 306 g/mol. The zero-order valence-electron chi connectivity index (χ0n) is 10.4. The van der Waals surface area contributed by atoms with Crippen molar-refractivity contribution in [2.75, 3.05) is 18.8 Å². The number of aromatic nitrogens is 2. The number of H-pyrrole nitrogens is 1. The molecule has 0 aromatic carbocycles. The number of rotatable bonds is 3. The Hall–Kier alpha value is -1.12. The Morgan fingerprint density at radius 1 is 1.63 bits per heavy atom. The van der Waals surface area contributed by atoms with Gasteiger partial charge in [0.05, 0.1) is 16.5 Å². The lowest BCUT2D eigenvalue weighted by Gasteiger charge is -2.15. The number of halogens is 1. The summed E-state index contributed by atoms with van der Waals surface area (Å²) in [5, 5.41) is 11.8. The highest BCUT2D eigenvalue weighted by atomic mass is 35.5. The third-order valence-corrected chi connectivity index (χ3v) is 4.51. The molecule has 0 radical (unpaired) electrons. The molecule has 1 aliphatic rings. The van der Waals surface area contributed by atoms with Crippen molar-refractivity contribution in [2.24, 2.45) is 11.1 Å². The minimum Gasteiger partial charge on any atom is -0.337 e. The molecule has 1 aliphatic heterocycles. The molecule has 1 atom stereocenters. The Morgan fingerprint density at radius 2 is 2.32 bits per heavy atom. The Balaban J connectivity index is 2.05. The van der Waals surface area contributed by atoms with Crippen LogP contribution in [0.1, 0.15) is 22.6 Å². The highest BCUT2D eigenvalue weighted by Gasteiger charge is 2.31. The van der Waals surface area contributed by atoms with E-state index in [1.807, 2.05) is 0 Å². The van der Waals surface area contributed by atoms with Gasteiger partial charge in [0.25, 0.3) is 5.91 Å². The van der Waals surface area contributed by atoms with Crippen molar-refractivity contribution in [2.45, 2.75) is 13.3 Å². The van der Waals surface area contributed by atoms with Gasteiger partial charge in [-0.05, 0) is 19.3 Å². The molecule has 0 spiro atoms. The van der Waals surface area contributed by atoms with Crippen molar-refractivity contribution in [3.8, 4) is 0 Å². The first-order valence-corrected chi connectivity index (χ1v) is 7.87. The average molecular weight is 307 g/mol. The third kappa shape index (κ3) is 3.26. The smallest absolute Gasteiger partial charge is 0.275 e. The van der Waals surface area contributed by atoms with E-state index in [0.717, 1.165) is 0 Å². The maximum atomic E-state index is 12.2. The minimum atomic E-state index is -3.51. The number of likely N-dealkylation sites (tertiary alicyclic amines) is 1. The van der Waals surface area contributed by atoms with Crippen LogP contribution in [0.2, 0.25) is 5.02 Å². The Morgan fingerprint density at radius 3 is 2.84 bits per heavy atom. The number of sulfonamides is 1. The van der Waals surface area contributed by atoms with Gasteiger partial charge < -0.3 is 4.90 Å². The molecule has 0 bridgehead atoms. The van der Waals surface area contributed by atoms with Gasteiger partial charge in [0.15, 0.2) is 5.69 Å². The normalized spacial score (nSPS) is 19.9. The average Bonchev–Trinajstić information content (AvgIpc) is 2.85. The standard InChI is InChI=1S/C10H15ClN4O3S/c1-6-8(11)9(14-13-6)10(16)15-3-2-7(4-15)5-19(12,17)18/h7H,2-5H2,1H3,(H,13,14)(H2,12,17,18)/t7-/m1/s1. The number of nitrogens with zero attached hydrogens (tertiary/aromatic N) is 2. The van der Waals surface area contributed by atoms with E-state index in [4.69, 9.17) is 16.7 Å². The zero-order chi connectivity index (χ0) is 14.2. The molecule has 19 heavy (non-hydrogen) atoms. The van der Waals surface area contributed by atoms with E-state index in [1.165, 1.54) is 0 Å². The minimum absolute atomic E-state index is 0.107. The summed E-state index contributed by atoms with van der Waals surface area (Å²) >= 11 is 5.97. The first-order valence-electron chi connectivity index (χ1n) is 5.78. The molecule has 3 N–H and O–H groups in total. The fourth-order valence-electron chi connectivity index (χ4n) is 2.19. The maximum Gasteiger partial charge on any atom is 0.275 e. The van der Waals surface area contributed by atoms with E-state index >= 15 is 0 Å². The topological polar surface area (TPSA) is 109 Å². The molecular formula is C10H15ClN4O3S. The van der Waals surface area contributed by atoms with Crippen LogP contribution >= 0.6 is 11.6 Å². The van der Waals surface area contributed by atoms with Crippen LogP contribution in [0.5, 0.6) is 0 Å². The Kier molecular flexibility index (Phi) is 3.84. The number of hydrogen-bond donors (Lipinski definition) is 2. The molecular weight excluding hydrogens is 292 g/mol. The van der Waals surface area contributed by atoms with Crippen LogP contribution in [-0.2, 0) is 10.0 Å². The van der Waals surface area contributed by atoms with Crippen LogP contribution < -0.4 is 5.14 Å². The quantitative estimate of drug-likeness (QED) is 0.826. The SMILES string of the molecule is Cc1[nH]nc(C(=O)N2CC[C@@H](CS(N)(=O)=O)C2)c1Cl. The van der Waals surface area contributed by atoms with Crippen molar-refractivity contribution >= 4 is 27.5 Å². The molecule has 0 aliphatic carbocycles. The molecule has 0 unspecified atom stereocenters. The van der Waals surface area contributed by atoms with E-state index in [1.54, 1.807) is 11.8 Å². The highest BCUT2D eigenvalue weighted by molar-refractivity contribution is 7.89. The molecule has 0 saturated carbocycles. The summed E-state index contributed by atoms with van der Waals surface area (Å²) in [5.74, 6) is -0.520. The zero-order valence-corrected chi connectivity index (χ0v) is 12.0. The summed E-state index contributed by atoms with van der Waals surface area (Å²) in [6, 6.07) is 0. The number of carbonyl (C=O) groups is 1. The Labute approximate surface area is 116 Å². The van der Waals surface area contributed by atoms with E-state index in [2.05, 4.69) is 10.2 Å². The van der Waals surface area contributed by atoms with Gasteiger partial charge in [-0.25, -0.2) is 13.6 Å². The van der Waals surface area contributed by atoms with Crippen molar-refractivity contribution in [1.82, 2.24) is 15.1 Å². The first kappa shape index (κ1) is 14.3. The summed E-state index contributed by atoms with van der Waals surface area (Å²) in [7, 11) is -3.51. The molecule has 1 aromatic heterocycles. The highest BCUT2D eigenvalue weighted by Crippen LogP contribution is 2.23. The predicted octanol–water partition coefficient (Wildman–Crippen LogP) is 0.122. The lowest BCUT2D eigenvalue weighted by molar-refractivity contribution is 0.0782. The van der Waals surface area contributed by atoms with Crippen LogP contribution in [0.3, 0.4) is 0 Å². The van der Waals surface area contributed by atoms with Gasteiger partial charge in [-0.15, -0.1) is 0 Å². The summed E-state index contributed by atoms with van der Waals surface area (Å²) in [5.41, 5.74) is 0.806. The van der Waals surface area contributed by atoms with Crippen molar-refractivity contribution in [3.05, 3.63) is 16.4 Å². The van der Waals surface area contributed by atoms with Crippen molar-refractivity contribution in [3.63, 3.8) is 0 Å². The molecule has 1 fully saturated rings. The fourth-order valence-corrected chi connectivity index (χ4v) is 3.28. The van der Waals surface area contributed by atoms with Gasteiger partial charge in [-0.3, -0.25) is 9.89 Å². The molecule has 2 rings (SSSR count). The second-order valence-electron chi connectivity index (χ2n) is 4.75. The lowest BCUT2D eigenvalue weighted by Crippen LogP contribution is -2.31. The van der Waals surface area contributed by atoms with E-state index in [9.17, 15) is 13.2 Å². The van der Waals surface area contributed by atoms with Crippen LogP contribution in [0.25, 0.3) is 0 Å². The maximum absolute atomic E-state index is 12.2. The van der Waals surface area contributed by atoms with E-state index < -0.39 is 10.0 Å². The van der Waals surface area contributed by atoms with Gasteiger partial charge in [0, 0.05) is 13.1 Å². The number of hydrogen-bond acceptors (Lipinski definition) is 4. The van der Waals surface area contributed by atoms with Gasteiger partial charge >= 0.3 is 0 Å². The van der Waals surface area contributed by atoms with E-state index in [-0.39, 0.29) is 23.3 Å². The first-order chi connectivity index (χ1) is 8.78. The van der Waals surface area contributed by atoms with E-state index in [0.29, 0.717) is 30.2 Å². The number of primary sulfonamides is 1. The van der Waals surface area contributed by atoms with Gasteiger partial charge in [0.1, 0.15) is 0 Å². The summed E-state index contributed by atoms with van der Waals surface area (Å²) < 4.78 is 22.1. The van der Waals surface area contributed by atoms with Crippen LogP contribution in [0.15, 0.2) is 0 Å². The number of aromatic amines is 1. The largest absolute Gasteiger partial charge is 0.337 e.